The normalized spacial score (nSPS) is 17.5. The molecule has 0 radical (unpaired) electrons. The average Bonchev–Trinajstić information content (AvgIpc) is 2.99. The molecular formula is C14H13ClFN5O2. The second-order valence-electron chi connectivity index (χ2n) is 5.17. The van der Waals surface area contributed by atoms with Crippen LogP contribution in [0.1, 0.15) is 12.8 Å². The SMILES string of the molecule is NC(=O)[C@H]1CCCN1c1nc(-c2ccnc(F)c2)[nH]c(=O)c1Cl. The zero-order chi connectivity index (χ0) is 16.6. The van der Waals surface area contributed by atoms with E-state index >= 15 is 0 Å². The Morgan fingerprint density at radius 1 is 1.52 bits per heavy atom. The molecule has 3 heterocycles. The van der Waals surface area contributed by atoms with Crippen LogP contribution in [0.5, 0.6) is 0 Å². The summed E-state index contributed by atoms with van der Waals surface area (Å²) in [6, 6.07) is 2.09. The van der Waals surface area contributed by atoms with Gasteiger partial charge in [0.1, 0.15) is 16.9 Å². The minimum atomic E-state index is -0.696. The fourth-order valence-corrected chi connectivity index (χ4v) is 2.84. The van der Waals surface area contributed by atoms with Gasteiger partial charge < -0.3 is 15.6 Å². The number of primary amides is 1. The van der Waals surface area contributed by atoms with Crippen LogP contribution >= 0.6 is 11.6 Å². The summed E-state index contributed by atoms with van der Waals surface area (Å²) in [6.45, 7) is 0.508. The molecular weight excluding hydrogens is 325 g/mol. The van der Waals surface area contributed by atoms with E-state index in [0.29, 0.717) is 18.5 Å². The Kier molecular flexibility index (Phi) is 3.99. The fourth-order valence-electron chi connectivity index (χ4n) is 2.64. The van der Waals surface area contributed by atoms with Crippen LogP contribution < -0.4 is 16.2 Å². The molecule has 3 N–H and O–H groups in total. The quantitative estimate of drug-likeness (QED) is 0.815. The number of carbonyl (C=O) groups excluding carboxylic acids is 1. The Morgan fingerprint density at radius 2 is 2.30 bits per heavy atom. The number of aromatic nitrogens is 3. The zero-order valence-electron chi connectivity index (χ0n) is 11.9. The van der Waals surface area contributed by atoms with Crippen LogP contribution in [-0.4, -0.2) is 33.4 Å². The van der Waals surface area contributed by atoms with Gasteiger partial charge in [-0.15, -0.1) is 0 Å². The van der Waals surface area contributed by atoms with Crippen molar-refractivity contribution in [3.05, 3.63) is 39.7 Å². The predicted molar refractivity (Wildman–Crippen MR) is 82.6 cm³/mol. The van der Waals surface area contributed by atoms with E-state index in [1.165, 1.54) is 12.3 Å². The van der Waals surface area contributed by atoms with Gasteiger partial charge in [-0.2, -0.15) is 4.39 Å². The first-order chi connectivity index (χ1) is 11.0. The number of pyridine rings is 1. The lowest BCUT2D eigenvalue weighted by Gasteiger charge is -2.24. The van der Waals surface area contributed by atoms with Gasteiger partial charge in [0.2, 0.25) is 11.9 Å². The van der Waals surface area contributed by atoms with Gasteiger partial charge in [-0.25, -0.2) is 9.97 Å². The highest BCUT2D eigenvalue weighted by Crippen LogP contribution is 2.29. The van der Waals surface area contributed by atoms with E-state index in [-0.39, 0.29) is 16.7 Å². The molecule has 1 aliphatic rings. The van der Waals surface area contributed by atoms with Crippen LogP contribution in [0, 0.1) is 5.95 Å². The monoisotopic (exact) mass is 337 g/mol. The number of hydrogen-bond acceptors (Lipinski definition) is 5. The minimum absolute atomic E-state index is 0.128. The van der Waals surface area contributed by atoms with Gasteiger partial charge in [0, 0.05) is 24.4 Å². The Bertz CT molecular complexity index is 825. The summed E-state index contributed by atoms with van der Waals surface area (Å²) in [5, 5.41) is -0.128. The van der Waals surface area contributed by atoms with Gasteiger partial charge in [-0.3, -0.25) is 9.59 Å². The molecule has 0 spiro atoms. The van der Waals surface area contributed by atoms with Crippen molar-refractivity contribution in [2.24, 2.45) is 5.73 Å². The Morgan fingerprint density at radius 3 is 3.00 bits per heavy atom. The summed E-state index contributed by atoms with van der Waals surface area (Å²) in [6.07, 6.45) is 2.57. The minimum Gasteiger partial charge on any atom is -0.368 e. The van der Waals surface area contributed by atoms with E-state index in [2.05, 4.69) is 15.0 Å². The lowest BCUT2D eigenvalue weighted by atomic mass is 10.2. The van der Waals surface area contributed by atoms with E-state index in [0.717, 1.165) is 12.5 Å². The Balaban J connectivity index is 2.11. The summed E-state index contributed by atoms with van der Waals surface area (Å²) in [7, 11) is 0. The van der Waals surface area contributed by atoms with Crippen molar-refractivity contribution in [3.63, 3.8) is 0 Å². The molecule has 23 heavy (non-hydrogen) atoms. The number of H-pyrrole nitrogens is 1. The zero-order valence-corrected chi connectivity index (χ0v) is 12.7. The lowest BCUT2D eigenvalue weighted by Crippen LogP contribution is -2.41. The first kappa shape index (κ1) is 15.4. The fraction of sp³-hybridized carbons (Fsp3) is 0.286. The Hall–Kier alpha value is -2.48. The highest BCUT2D eigenvalue weighted by molar-refractivity contribution is 6.32. The molecule has 2 aromatic heterocycles. The van der Waals surface area contributed by atoms with Gasteiger partial charge in [0.15, 0.2) is 5.82 Å². The number of amides is 1. The molecule has 1 aliphatic heterocycles. The van der Waals surface area contributed by atoms with Gasteiger partial charge >= 0.3 is 0 Å². The van der Waals surface area contributed by atoms with Crippen molar-refractivity contribution in [1.82, 2.24) is 15.0 Å². The van der Waals surface area contributed by atoms with Crippen molar-refractivity contribution in [2.75, 3.05) is 11.4 Å². The number of nitrogens with two attached hydrogens (primary N) is 1. The first-order valence-electron chi connectivity index (χ1n) is 6.95. The van der Waals surface area contributed by atoms with Crippen molar-refractivity contribution in [3.8, 4) is 11.4 Å². The van der Waals surface area contributed by atoms with Gasteiger partial charge in [0.25, 0.3) is 5.56 Å². The number of hydrogen-bond donors (Lipinski definition) is 2. The van der Waals surface area contributed by atoms with Crippen molar-refractivity contribution in [2.45, 2.75) is 18.9 Å². The van der Waals surface area contributed by atoms with Crippen LogP contribution in [-0.2, 0) is 4.79 Å². The van der Waals surface area contributed by atoms with Crippen LogP contribution in [0.4, 0.5) is 10.2 Å². The van der Waals surface area contributed by atoms with Crippen LogP contribution in [0.3, 0.4) is 0 Å². The molecule has 3 rings (SSSR count). The number of carbonyl (C=O) groups is 1. The van der Waals surface area contributed by atoms with Crippen LogP contribution in [0.15, 0.2) is 23.1 Å². The molecule has 1 fully saturated rings. The maximum absolute atomic E-state index is 13.3. The Labute approximate surface area is 135 Å². The summed E-state index contributed by atoms with van der Waals surface area (Å²) < 4.78 is 13.3. The molecule has 120 valence electrons. The van der Waals surface area contributed by atoms with Crippen LogP contribution in [0.2, 0.25) is 5.02 Å². The van der Waals surface area contributed by atoms with Crippen molar-refractivity contribution < 1.29 is 9.18 Å². The molecule has 1 amide bonds. The third kappa shape index (κ3) is 2.89. The summed E-state index contributed by atoms with van der Waals surface area (Å²) in [5.41, 5.74) is 5.17. The molecule has 1 saturated heterocycles. The van der Waals surface area contributed by atoms with Gasteiger partial charge in [0.05, 0.1) is 0 Å². The lowest BCUT2D eigenvalue weighted by molar-refractivity contribution is -0.119. The number of halogens is 2. The molecule has 1 atom stereocenters. The third-order valence-electron chi connectivity index (χ3n) is 3.70. The van der Waals surface area contributed by atoms with Crippen LogP contribution in [0.25, 0.3) is 11.4 Å². The van der Waals surface area contributed by atoms with E-state index in [4.69, 9.17) is 17.3 Å². The van der Waals surface area contributed by atoms with E-state index in [1.54, 1.807) is 4.90 Å². The molecule has 2 aromatic rings. The third-order valence-corrected chi connectivity index (χ3v) is 4.04. The molecule has 0 aromatic carbocycles. The largest absolute Gasteiger partial charge is 0.368 e. The summed E-state index contributed by atoms with van der Waals surface area (Å²) in [4.78, 5) is 35.5. The standard InChI is InChI=1S/C14H13ClFN5O2/c15-10-13(21-5-1-2-8(21)11(17)22)19-12(20-14(10)23)7-3-4-18-9(16)6-7/h3-4,6,8H,1-2,5H2,(H2,17,22)(H,19,20,23)/t8-/m1/s1. The molecule has 7 nitrogen and oxygen atoms in total. The second kappa shape index (κ2) is 5.96. The summed E-state index contributed by atoms with van der Waals surface area (Å²) >= 11 is 6.05. The number of nitrogens with one attached hydrogen (secondary N) is 1. The predicted octanol–water partition coefficient (Wildman–Crippen LogP) is 1.08. The highest BCUT2D eigenvalue weighted by atomic mass is 35.5. The number of aromatic amines is 1. The smallest absolute Gasteiger partial charge is 0.272 e. The first-order valence-corrected chi connectivity index (χ1v) is 7.33. The molecule has 9 heteroatoms. The topological polar surface area (TPSA) is 105 Å². The van der Waals surface area contributed by atoms with Crippen molar-refractivity contribution >= 4 is 23.3 Å². The number of rotatable bonds is 3. The molecule has 0 aliphatic carbocycles. The highest BCUT2D eigenvalue weighted by Gasteiger charge is 2.32. The van der Waals surface area contributed by atoms with E-state index in [9.17, 15) is 14.0 Å². The molecule has 0 saturated carbocycles. The number of anilines is 1. The van der Waals surface area contributed by atoms with E-state index < -0.39 is 23.5 Å². The molecule has 0 unspecified atom stereocenters. The second-order valence-corrected chi connectivity index (χ2v) is 5.55. The maximum atomic E-state index is 13.3. The maximum Gasteiger partial charge on any atom is 0.272 e. The summed E-state index contributed by atoms with van der Waals surface area (Å²) in [5.74, 6) is -0.884. The van der Waals surface area contributed by atoms with Gasteiger partial charge in [-0.1, -0.05) is 11.6 Å². The average molecular weight is 338 g/mol. The number of nitrogens with zero attached hydrogens (tertiary/aromatic N) is 3. The molecule has 0 bridgehead atoms. The van der Waals surface area contributed by atoms with E-state index in [1.807, 2.05) is 0 Å². The van der Waals surface area contributed by atoms with Crippen molar-refractivity contribution in [1.29, 1.82) is 0 Å². The van der Waals surface area contributed by atoms with Gasteiger partial charge in [-0.05, 0) is 18.9 Å².